The summed E-state index contributed by atoms with van der Waals surface area (Å²) >= 11 is 0. The molecule has 0 fully saturated rings. The van der Waals surface area contributed by atoms with Gasteiger partial charge in [0.1, 0.15) is 28.5 Å². The molecule has 3 heterocycles. The number of carbonyl (C=O) groups is 1. The van der Waals surface area contributed by atoms with Crippen LogP contribution in [0.2, 0.25) is 0 Å². The minimum Gasteiger partial charge on any atom is -0.496 e. The third-order valence-corrected chi connectivity index (χ3v) is 6.10. The number of nitrogens with zero attached hydrogens (tertiary/aromatic N) is 4. The first-order chi connectivity index (χ1) is 17.0. The molecule has 35 heavy (non-hydrogen) atoms. The number of methoxy groups -OCH3 is 2. The second-order valence-corrected chi connectivity index (χ2v) is 8.20. The van der Waals surface area contributed by atoms with Crippen molar-refractivity contribution in [3.8, 4) is 11.5 Å². The van der Waals surface area contributed by atoms with E-state index in [1.807, 2.05) is 30.3 Å². The van der Waals surface area contributed by atoms with Gasteiger partial charge in [-0.25, -0.2) is 4.63 Å². The second kappa shape index (κ2) is 11.0. The molecule has 1 aromatic carbocycles. The number of para-hydroxylation sites is 1. The largest absolute Gasteiger partial charge is 0.496 e. The molecule has 0 unspecified atom stereocenters. The Bertz CT molecular complexity index is 1280. The Morgan fingerprint density at radius 1 is 1.14 bits per heavy atom. The van der Waals surface area contributed by atoms with Gasteiger partial charge in [-0.2, -0.15) is 0 Å². The second-order valence-electron chi connectivity index (χ2n) is 8.20. The van der Waals surface area contributed by atoms with Crippen LogP contribution in [0.4, 0.5) is 0 Å². The minimum absolute atomic E-state index is 0.162. The van der Waals surface area contributed by atoms with Gasteiger partial charge in [0.25, 0.3) is 11.5 Å². The van der Waals surface area contributed by atoms with E-state index in [4.69, 9.17) is 14.1 Å². The Kier molecular flexibility index (Phi) is 7.61. The van der Waals surface area contributed by atoms with Crippen molar-refractivity contribution in [3.63, 3.8) is 0 Å². The third kappa shape index (κ3) is 5.43. The Balaban J connectivity index is 1.51. The molecule has 3 aromatic rings. The van der Waals surface area contributed by atoms with Crippen molar-refractivity contribution in [3.05, 3.63) is 75.0 Å². The molecule has 0 aliphatic carbocycles. The lowest BCUT2D eigenvalue weighted by atomic mass is 10.1. The van der Waals surface area contributed by atoms with E-state index in [0.29, 0.717) is 55.2 Å². The maximum atomic E-state index is 13.2. The van der Waals surface area contributed by atoms with Crippen molar-refractivity contribution < 1.29 is 18.9 Å². The summed E-state index contributed by atoms with van der Waals surface area (Å²) in [6, 6.07) is 9.21. The van der Waals surface area contributed by atoms with Crippen LogP contribution in [0.5, 0.6) is 11.5 Å². The highest BCUT2D eigenvalue weighted by Gasteiger charge is 2.25. The summed E-state index contributed by atoms with van der Waals surface area (Å²) in [5.74, 6) is 0.744. The molecule has 10 nitrogen and oxygen atoms in total. The summed E-state index contributed by atoms with van der Waals surface area (Å²) in [6.07, 6.45) is 4.65. The van der Waals surface area contributed by atoms with E-state index in [9.17, 15) is 9.59 Å². The van der Waals surface area contributed by atoms with E-state index >= 15 is 0 Å². The van der Waals surface area contributed by atoms with Crippen molar-refractivity contribution >= 4 is 12.0 Å². The summed E-state index contributed by atoms with van der Waals surface area (Å²) in [5, 5.41) is 10.4. The van der Waals surface area contributed by atoms with E-state index in [-0.39, 0.29) is 23.8 Å². The fourth-order valence-corrected chi connectivity index (χ4v) is 4.18. The van der Waals surface area contributed by atoms with Crippen LogP contribution in [0.3, 0.4) is 0 Å². The van der Waals surface area contributed by atoms with Crippen molar-refractivity contribution in [2.75, 3.05) is 33.9 Å². The number of aryl methyl sites for hydroxylation is 1. The van der Waals surface area contributed by atoms with Gasteiger partial charge in [0.15, 0.2) is 0 Å². The predicted octanol–water partition coefficient (Wildman–Crippen LogP) is 2.06. The first kappa shape index (κ1) is 24.2. The highest BCUT2D eigenvalue weighted by atomic mass is 16.6. The van der Waals surface area contributed by atoms with Gasteiger partial charge in [-0.3, -0.25) is 14.5 Å². The SMILES string of the molecule is COc1ccccc1C=CCN1CCc2c(C(=O)NCc3nonc3C)c(OC)cc(=O)n2CC1. The van der Waals surface area contributed by atoms with Gasteiger partial charge in [-0.05, 0) is 13.0 Å². The maximum Gasteiger partial charge on any atom is 0.257 e. The zero-order valence-electron chi connectivity index (χ0n) is 20.1. The number of amides is 1. The average Bonchev–Trinajstić information content (AvgIpc) is 3.16. The van der Waals surface area contributed by atoms with E-state index < -0.39 is 0 Å². The number of carbonyl (C=O) groups excluding carboxylic acids is 1. The Hall–Kier alpha value is -3.92. The van der Waals surface area contributed by atoms with Crippen LogP contribution >= 0.6 is 0 Å². The number of hydrogen-bond donors (Lipinski definition) is 1. The summed E-state index contributed by atoms with van der Waals surface area (Å²) in [5.41, 5.74) is 3.01. The molecule has 184 valence electrons. The molecular formula is C25H29N5O5. The van der Waals surface area contributed by atoms with Crippen LogP contribution in [0.1, 0.15) is 33.0 Å². The number of nitrogens with one attached hydrogen (secondary N) is 1. The van der Waals surface area contributed by atoms with Gasteiger partial charge in [-0.1, -0.05) is 40.7 Å². The molecule has 1 aliphatic rings. The zero-order chi connectivity index (χ0) is 24.8. The normalized spacial score (nSPS) is 13.9. The molecule has 0 saturated carbocycles. The standard InChI is InChI=1S/C25H29N5O5/c1-17-19(28-35-27-17)16-26-25(32)24-20-10-12-29(13-14-30(20)23(31)15-22(24)34-3)11-6-8-18-7-4-5-9-21(18)33-2/h4-9,15H,10-14,16H2,1-3H3,(H,26,32). The van der Waals surface area contributed by atoms with E-state index in [0.717, 1.165) is 11.3 Å². The summed E-state index contributed by atoms with van der Waals surface area (Å²) in [6.45, 7) is 4.47. The number of aromatic nitrogens is 3. The van der Waals surface area contributed by atoms with Crippen LogP contribution < -0.4 is 20.3 Å². The molecule has 2 aromatic heterocycles. The maximum absolute atomic E-state index is 13.2. The van der Waals surface area contributed by atoms with Crippen LogP contribution in [0.25, 0.3) is 6.08 Å². The van der Waals surface area contributed by atoms with Crippen molar-refractivity contribution in [2.45, 2.75) is 26.4 Å². The van der Waals surface area contributed by atoms with Crippen LogP contribution in [-0.2, 0) is 19.5 Å². The third-order valence-electron chi connectivity index (χ3n) is 6.10. The number of rotatable bonds is 8. The lowest BCUT2D eigenvalue weighted by Gasteiger charge is -2.17. The van der Waals surface area contributed by atoms with E-state index in [1.54, 1.807) is 18.6 Å². The summed E-state index contributed by atoms with van der Waals surface area (Å²) in [7, 11) is 3.11. The number of ether oxygens (including phenoxy) is 2. The molecular weight excluding hydrogens is 450 g/mol. The first-order valence-electron chi connectivity index (χ1n) is 11.4. The van der Waals surface area contributed by atoms with Crippen LogP contribution in [-0.4, -0.2) is 59.5 Å². The van der Waals surface area contributed by atoms with Crippen molar-refractivity contribution in [1.29, 1.82) is 0 Å². The minimum atomic E-state index is -0.336. The van der Waals surface area contributed by atoms with Gasteiger partial charge in [-0.15, -0.1) is 0 Å². The van der Waals surface area contributed by atoms with Gasteiger partial charge in [0.05, 0.1) is 20.8 Å². The fourth-order valence-electron chi connectivity index (χ4n) is 4.18. The Morgan fingerprint density at radius 3 is 2.69 bits per heavy atom. The number of pyridine rings is 1. The molecule has 4 rings (SSSR count). The van der Waals surface area contributed by atoms with Crippen LogP contribution in [0, 0.1) is 6.92 Å². The lowest BCUT2D eigenvalue weighted by molar-refractivity contribution is 0.0944. The molecule has 0 saturated heterocycles. The van der Waals surface area contributed by atoms with Crippen molar-refractivity contribution in [1.82, 2.24) is 25.1 Å². The van der Waals surface area contributed by atoms with Gasteiger partial charge < -0.3 is 19.4 Å². The molecule has 1 aliphatic heterocycles. The fraction of sp³-hybridized carbons (Fsp3) is 0.360. The molecule has 0 radical (unpaired) electrons. The molecule has 10 heteroatoms. The quantitative estimate of drug-likeness (QED) is 0.523. The highest BCUT2D eigenvalue weighted by molar-refractivity contribution is 5.98. The van der Waals surface area contributed by atoms with E-state index in [1.165, 1.54) is 13.2 Å². The molecule has 0 spiro atoms. The van der Waals surface area contributed by atoms with Crippen LogP contribution in [0.15, 0.2) is 45.8 Å². The molecule has 1 amide bonds. The number of fused-ring (bicyclic) bond motifs is 1. The summed E-state index contributed by atoms with van der Waals surface area (Å²) in [4.78, 5) is 28.2. The highest BCUT2D eigenvalue weighted by Crippen LogP contribution is 2.23. The topological polar surface area (TPSA) is 112 Å². The number of hydrogen-bond acceptors (Lipinski definition) is 8. The zero-order valence-corrected chi connectivity index (χ0v) is 20.1. The Labute approximate surface area is 203 Å². The first-order valence-corrected chi connectivity index (χ1v) is 11.4. The van der Waals surface area contributed by atoms with Crippen molar-refractivity contribution in [2.24, 2.45) is 0 Å². The Morgan fingerprint density at radius 2 is 1.94 bits per heavy atom. The van der Waals surface area contributed by atoms with Gasteiger partial charge in [0, 0.05) is 49.9 Å². The lowest BCUT2D eigenvalue weighted by Crippen LogP contribution is -2.31. The average molecular weight is 480 g/mol. The molecule has 1 N–H and O–H groups in total. The van der Waals surface area contributed by atoms with Gasteiger partial charge >= 0.3 is 0 Å². The summed E-state index contributed by atoms with van der Waals surface area (Å²) < 4.78 is 17.2. The van der Waals surface area contributed by atoms with Gasteiger partial charge in [0.2, 0.25) is 0 Å². The predicted molar refractivity (Wildman–Crippen MR) is 130 cm³/mol. The molecule has 0 atom stereocenters. The smallest absolute Gasteiger partial charge is 0.257 e. The monoisotopic (exact) mass is 479 g/mol. The molecule has 0 bridgehead atoms. The van der Waals surface area contributed by atoms with E-state index in [2.05, 4.69) is 26.6 Å². The number of benzene rings is 1.